The fourth-order valence-electron chi connectivity index (χ4n) is 2.85. The van der Waals surface area contributed by atoms with Gasteiger partial charge in [0.2, 0.25) is 0 Å². The Kier molecular flexibility index (Phi) is 5.39. The molecule has 1 aliphatic heterocycles. The topological polar surface area (TPSA) is 41.1 Å². The van der Waals surface area contributed by atoms with E-state index >= 15 is 0 Å². The normalized spacial score (nSPS) is 15.3. The summed E-state index contributed by atoms with van der Waals surface area (Å²) in [5, 5.41) is 7.06. The van der Waals surface area contributed by atoms with Gasteiger partial charge in [-0.25, -0.2) is 4.39 Å². The van der Waals surface area contributed by atoms with Crippen molar-refractivity contribution in [2.24, 2.45) is 0 Å². The van der Waals surface area contributed by atoms with Crippen LogP contribution in [0.2, 0.25) is 10.0 Å². The van der Waals surface area contributed by atoms with Crippen LogP contribution < -0.4 is 10.6 Å². The van der Waals surface area contributed by atoms with Crippen LogP contribution in [0.4, 0.5) is 4.39 Å². The largest absolute Gasteiger partial charge is 0.349 e. The molecule has 2 N–H and O–H groups in total. The summed E-state index contributed by atoms with van der Waals surface area (Å²) in [5.74, 6) is -0.613. The number of piperidine rings is 1. The van der Waals surface area contributed by atoms with Gasteiger partial charge in [0.15, 0.2) is 0 Å². The highest BCUT2D eigenvalue weighted by Crippen LogP contribution is 2.31. The molecule has 1 aliphatic rings. The molecule has 0 unspecified atom stereocenters. The second-order valence-corrected chi connectivity index (χ2v) is 6.63. The summed E-state index contributed by atoms with van der Waals surface area (Å²) in [6.45, 7) is 1.77. The van der Waals surface area contributed by atoms with Crippen molar-refractivity contribution in [3.8, 4) is 11.1 Å². The minimum atomic E-state index is -0.408. The number of amides is 1. The number of carbonyl (C=O) groups is 1. The van der Waals surface area contributed by atoms with Crippen molar-refractivity contribution in [1.82, 2.24) is 10.6 Å². The molecule has 6 heteroatoms. The zero-order valence-electron chi connectivity index (χ0n) is 12.9. The van der Waals surface area contributed by atoms with Gasteiger partial charge >= 0.3 is 0 Å². The highest BCUT2D eigenvalue weighted by molar-refractivity contribution is 6.42. The van der Waals surface area contributed by atoms with Crippen LogP contribution in [-0.4, -0.2) is 25.0 Å². The molecule has 1 saturated heterocycles. The lowest BCUT2D eigenvalue weighted by Gasteiger charge is -2.24. The van der Waals surface area contributed by atoms with Crippen molar-refractivity contribution in [3.63, 3.8) is 0 Å². The van der Waals surface area contributed by atoms with Crippen molar-refractivity contribution in [1.29, 1.82) is 0 Å². The highest BCUT2D eigenvalue weighted by Gasteiger charge is 2.19. The summed E-state index contributed by atoms with van der Waals surface area (Å²) in [7, 11) is 0. The smallest absolute Gasteiger partial charge is 0.252 e. The molecule has 2 aromatic rings. The number of halogens is 3. The maximum atomic E-state index is 13.7. The van der Waals surface area contributed by atoms with E-state index in [1.54, 1.807) is 18.2 Å². The van der Waals surface area contributed by atoms with E-state index in [2.05, 4.69) is 10.6 Å². The monoisotopic (exact) mass is 366 g/mol. The predicted octanol–water partition coefficient (Wildman–Crippen LogP) is 4.28. The number of nitrogens with one attached hydrogen (secondary N) is 2. The van der Waals surface area contributed by atoms with E-state index in [0.717, 1.165) is 25.9 Å². The Morgan fingerprint density at radius 2 is 1.83 bits per heavy atom. The lowest BCUT2D eigenvalue weighted by atomic mass is 9.98. The molecule has 1 heterocycles. The van der Waals surface area contributed by atoms with Gasteiger partial charge in [-0.2, -0.15) is 0 Å². The van der Waals surface area contributed by atoms with Crippen molar-refractivity contribution >= 4 is 29.1 Å². The van der Waals surface area contributed by atoms with Crippen LogP contribution in [-0.2, 0) is 0 Å². The van der Waals surface area contributed by atoms with Gasteiger partial charge in [-0.1, -0.05) is 29.3 Å². The number of benzene rings is 2. The van der Waals surface area contributed by atoms with Gasteiger partial charge < -0.3 is 10.6 Å². The first kappa shape index (κ1) is 17.2. The zero-order valence-corrected chi connectivity index (χ0v) is 14.4. The number of hydrogen-bond donors (Lipinski definition) is 2. The molecule has 0 saturated carbocycles. The summed E-state index contributed by atoms with van der Waals surface area (Å²) in [6, 6.07) is 9.27. The van der Waals surface area contributed by atoms with Crippen molar-refractivity contribution < 1.29 is 9.18 Å². The van der Waals surface area contributed by atoms with Gasteiger partial charge in [0.05, 0.1) is 10.0 Å². The molecule has 24 heavy (non-hydrogen) atoms. The molecule has 0 aliphatic carbocycles. The van der Waals surface area contributed by atoms with E-state index in [0.29, 0.717) is 26.7 Å². The van der Waals surface area contributed by atoms with Crippen LogP contribution in [0, 0.1) is 5.82 Å². The molecule has 3 nitrogen and oxygen atoms in total. The van der Waals surface area contributed by atoms with Crippen LogP contribution in [0.25, 0.3) is 11.1 Å². The van der Waals surface area contributed by atoms with Crippen LogP contribution in [0.3, 0.4) is 0 Å². The van der Waals surface area contributed by atoms with E-state index in [1.807, 2.05) is 0 Å². The third-order valence-corrected chi connectivity index (χ3v) is 4.87. The molecule has 0 aromatic heterocycles. The third kappa shape index (κ3) is 3.89. The standard InChI is InChI=1S/C18H17Cl2FN2O/c19-16-4-1-11(9-17(16)20)15-10-12(21)2-3-14(15)18(24)23-13-5-7-22-8-6-13/h1-4,9-10,13,22H,5-8H2,(H,23,24). The highest BCUT2D eigenvalue weighted by atomic mass is 35.5. The molecule has 0 radical (unpaired) electrons. The van der Waals surface area contributed by atoms with Gasteiger partial charge in [0.25, 0.3) is 5.91 Å². The van der Waals surface area contributed by atoms with Crippen LogP contribution in [0.5, 0.6) is 0 Å². The van der Waals surface area contributed by atoms with Gasteiger partial charge in [-0.15, -0.1) is 0 Å². The van der Waals surface area contributed by atoms with Crippen LogP contribution in [0.1, 0.15) is 23.2 Å². The Bertz CT molecular complexity index is 761. The van der Waals surface area contributed by atoms with E-state index in [4.69, 9.17) is 23.2 Å². The minimum Gasteiger partial charge on any atom is -0.349 e. The molecule has 0 atom stereocenters. The van der Waals surface area contributed by atoms with Crippen LogP contribution in [0.15, 0.2) is 36.4 Å². The molecule has 2 aromatic carbocycles. The zero-order chi connectivity index (χ0) is 17.1. The second kappa shape index (κ2) is 7.51. The lowest BCUT2D eigenvalue weighted by Crippen LogP contribution is -2.42. The predicted molar refractivity (Wildman–Crippen MR) is 95.2 cm³/mol. The number of carbonyl (C=O) groups excluding carboxylic acids is 1. The van der Waals surface area contributed by atoms with Gasteiger partial charge in [0, 0.05) is 11.6 Å². The van der Waals surface area contributed by atoms with Crippen molar-refractivity contribution in [3.05, 3.63) is 57.8 Å². The number of rotatable bonds is 3. The Balaban J connectivity index is 1.92. The van der Waals surface area contributed by atoms with Gasteiger partial charge in [-0.05, 0) is 67.4 Å². The Morgan fingerprint density at radius 1 is 1.08 bits per heavy atom. The molecule has 3 rings (SSSR count). The maximum absolute atomic E-state index is 13.7. The van der Waals surface area contributed by atoms with Gasteiger partial charge in [0.1, 0.15) is 5.82 Å². The van der Waals surface area contributed by atoms with Gasteiger partial charge in [-0.3, -0.25) is 4.79 Å². The first-order valence-corrected chi connectivity index (χ1v) is 8.57. The summed E-state index contributed by atoms with van der Waals surface area (Å²) in [6.07, 6.45) is 1.77. The van der Waals surface area contributed by atoms with Crippen molar-refractivity contribution in [2.75, 3.05) is 13.1 Å². The third-order valence-electron chi connectivity index (χ3n) is 4.13. The molecule has 126 valence electrons. The Morgan fingerprint density at radius 3 is 2.54 bits per heavy atom. The summed E-state index contributed by atoms with van der Waals surface area (Å²) in [5.41, 5.74) is 1.58. The molecule has 1 fully saturated rings. The van der Waals surface area contributed by atoms with Crippen molar-refractivity contribution in [2.45, 2.75) is 18.9 Å². The molecular formula is C18H17Cl2FN2O. The van der Waals surface area contributed by atoms with E-state index in [-0.39, 0.29) is 11.9 Å². The Labute approximate surface area is 150 Å². The molecule has 0 bridgehead atoms. The lowest BCUT2D eigenvalue weighted by molar-refractivity contribution is 0.0930. The van der Waals surface area contributed by atoms with E-state index in [1.165, 1.54) is 18.2 Å². The summed E-state index contributed by atoms with van der Waals surface area (Å²) in [4.78, 5) is 12.7. The first-order valence-electron chi connectivity index (χ1n) is 7.81. The molecular weight excluding hydrogens is 350 g/mol. The SMILES string of the molecule is O=C(NC1CCNCC1)c1ccc(F)cc1-c1ccc(Cl)c(Cl)c1. The fourth-order valence-corrected chi connectivity index (χ4v) is 3.14. The molecule has 0 spiro atoms. The second-order valence-electron chi connectivity index (χ2n) is 5.82. The summed E-state index contributed by atoms with van der Waals surface area (Å²) < 4.78 is 13.7. The van der Waals surface area contributed by atoms with E-state index in [9.17, 15) is 9.18 Å². The Hall–Kier alpha value is -1.62. The maximum Gasteiger partial charge on any atom is 0.252 e. The average Bonchev–Trinajstić information content (AvgIpc) is 2.58. The fraction of sp³-hybridized carbons (Fsp3) is 0.278. The van der Waals surface area contributed by atoms with Crippen LogP contribution >= 0.6 is 23.2 Å². The quantitative estimate of drug-likeness (QED) is 0.850. The molecule has 1 amide bonds. The average molecular weight is 367 g/mol. The van der Waals surface area contributed by atoms with E-state index < -0.39 is 5.82 Å². The minimum absolute atomic E-state index is 0.130. The summed E-state index contributed by atoms with van der Waals surface area (Å²) >= 11 is 12.0. The number of hydrogen-bond acceptors (Lipinski definition) is 2. The first-order chi connectivity index (χ1) is 11.5.